The van der Waals surface area contributed by atoms with Crippen molar-refractivity contribution in [3.05, 3.63) is 23.7 Å². The molecular weight excluding hydrogens is 242 g/mol. The van der Waals surface area contributed by atoms with Gasteiger partial charge in [-0.25, -0.2) is 8.42 Å². The smallest absolute Gasteiger partial charge is 0.289 e. The normalized spacial score (nSPS) is 22.6. The van der Waals surface area contributed by atoms with Crippen molar-refractivity contribution in [2.75, 3.05) is 18.6 Å². The van der Waals surface area contributed by atoms with Crippen LogP contribution in [0.3, 0.4) is 0 Å². The Morgan fingerprint density at radius 2 is 2.24 bits per heavy atom. The number of nitrogens with zero attached hydrogens (tertiary/aromatic N) is 1. The Morgan fingerprint density at radius 1 is 1.53 bits per heavy atom. The highest BCUT2D eigenvalue weighted by Gasteiger charge is 2.34. The Morgan fingerprint density at radius 3 is 2.71 bits per heavy atom. The molecule has 1 aromatic rings. The lowest BCUT2D eigenvalue weighted by Gasteiger charge is -2.22. The van der Waals surface area contributed by atoms with E-state index in [4.69, 9.17) is 4.42 Å². The van der Waals surface area contributed by atoms with Gasteiger partial charge in [-0.1, -0.05) is 0 Å². The molecule has 1 atom stereocenters. The van der Waals surface area contributed by atoms with Crippen molar-refractivity contribution in [1.82, 2.24) is 4.90 Å². The summed E-state index contributed by atoms with van der Waals surface area (Å²) in [6.45, 7) is 1.79. The first-order valence-electron chi connectivity index (χ1n) is 5.42. The van der Waals surface area contributed by atoms with Crippen LogP contribution >= 0.6 is 0 Å². The van der Waals surface area contributed by atoms with Gasteiger partial charge < -0.3 is 9.32 Å². The topological polar surface area (TPSA) is 67.6 Å². The van der Waals surface area contributed by atoms with E-state index >= 15 is 0 Å². The van der Waals surface area contributed by atoms with Crippen LogP contribution in [0.15, 0.2) is 16.7 Å². The number of amides is 1. The lowest BCUT2D eigenvalue weighted by atomic mass is 10.2. The van der Waals surface area contributed by atoms with E-state index in [1.807, 2.05) is 0 Å². The predicted molar refractivity (Wildman–Crippen MR) is 62.6 cm³/mol. The number of aryl methyl sites for hydroxylation is 1. The zero-order chi connectivity index (χ0) is 12.6. The summed E-state index contributed by atoms with van der Waals surface area (Å²) in [5, 5.41) is 0. The molecule has 0 aliphatic carbocycles. The SMILES string of the molecule is Cc1ccoc1C(=O)N(C)C1CCS(=O)(=O)C1. The highest BCUT2D eigenvalue weighted by Crippen LogP contribution is 2.20. The molecule has 94 valence electrons. The van der Waals surface area contributed by atoms with Crippen molar-refractivity contribution in [1.29, 1.82) is 0 Å². The molecule has 2 rings (SSSR count). The predicted octanol–water partition coefficient (Wildman–Crippen LogP) is 0.847. The molecule has 1 aromatic heterocycles. The Labute approximate surface area is 100 Å². The second-order valence-corrected chi connectivity index (χ2v) is 6.63. The van der Waals surface area contributed by atoms with Gasteiger partial charge in [-0.05, 0) is 19.4 Å². The third kappa shape index (κ3) is 2.36. The molecule has 1 fully saturated rings. The maximum Gasteiger partial charge on any atom is 0.289 e. The van der Waals surface area contributed by atoms with Gasteiger partial charge in [0.25, 0.3) is 5.91 Å². The largest absolute Gasteiger partial charge is 0.459 e. The average molecular weight is 257 g/mol. The Balaban J connectivity index is 2.14. The van der Waals surface area contributed by atoms with Crippen LogP contribution in [0.25, 0.3) is 0 Å². The molecule has 6 heteroatoms. The van der Waals surface area contributed by atoms with Crippen LogP contribution in [0.5, 0.6) is 0 Å². The van der Waals surface area contributed by atoms with Crippen LogP contribution in [0.1, 0.15) is 22.5 Å². The fraction of sp³-hybridized carbons (Fsp3) is 0.545. The van der Waals surface area contributed by atoms with Gasteiger partial charge in [0.2, 0.25) is 0 Å². The van der Waals surface area contributed by atoms with Gasteiger partial charge >= 0.3 is 0 Å². The number of rotatable bonds is 2. The minimum absolute atomic E-state index is 0.0506. The highest BCUT2D eigenvalue weighted by molar-refractivity contribution is 7.91. The number of hydrogen-bond acceptors (Lipinski definition) is 4. The fourth-order valence-electron chi connectivity index (χ4n) is 2.00. The maximum atomic E-state index is 12.1. The van der Waals surface area contributed by atoms with E-state index in [0.717, 1.165) is 5.56 Å². The van der Waals surface area contributed by atoms with E-state index in [-0.39, 0.29) is 29.2 Å². The molecule has 2 heterocycles. The zero-order valence-corrected chi connectivity index (χ0v) is 10.7. The molecule has 0 bridgehead atoms. The van der Waals surface area contributed by atoms with Crippen LogP contribution < -0.4 is 0 Å². The number of carbonyl (C=O) groups excluding carboxylic acids is 1. The summed E-state index contributed by atoms with van der Waals surface area (Å²) in [6.07, 6.45) is 1.96. The summed E-state index contributed by atoms with van der Waals surface area (Å²) in [6, 6.07) is 1.48. The molecule has 0 aromatic carbocycles. The molecule has 0 radical (unpaired) electrons. The number of sulfone groups is 1. The monoisotopic (exact) mass is 257 g/mol. The Bertz CT molecular complexity index is 531. The number of furan rings is 1. The first-order chi connectivity index (χ1) is 7.91. The molecule has 1 aliphatic rings. The maximum absolute atomic E-state index is 12.1. The van der Waals surface area contributed by atoms with Gasteiger partial charge in [0.15, 0.2) is 15.6 Å². The van der Waals surface area contributed by atoms with Gasteiger partial charge in [-0.2, -0.15) is 0 Å². The quantitative estimate of drug-likeness (QED) is 0.787. The van der Waals surface area contributed by atoms with Crippen LogP contribution in [-0.2, 0) is 9.84 Å². The number of carbonyl (C=O) groups is 1. The molecule has 5 nitrogen and oxygen atoms in total. The van der Waals surface area contributed by atoms with Gasteiger partial charge in [0.05, 0.1) is 17.8 Å². The molecule has 0 spiro atoms. The van der Waals surface area contributed by atoms with E-state index in [9.17, 15) is 13.2 Å². The summed E-state index contributed by atoms with van der Waals surface area (Å²) < 4.78 is 27.8. The van der Waals surface area contributed by atoms with Crippen molar-refractivity contribution < 1.29 is 17.6 Å². The second kappa shape index (κ2) is 4.18. The molecular formula is C11H15NO4S. The standard InChI is InChI=1S/C11H15NO4S/c1-8-3-5-16-10(8)11(13)12(2)9-4-6-17(14,15)7-9/h3,5,9H,4,6-7H2,1-2H3. The van der Waals surface area contributed by atoms with E-state index in [2.05, 4.69) is 0 Å². The Kier molecular flexibility index (Phi) is 2.99. The highest BCUT2D eigenvalue weighted by atomic mass is 32.2. The molecule has 1 saturated heterocycles. The van der Waals surface area contributed by atoms with Crippen molar-refractivity contribution >= 4 is 15.7 Å². The summed E-state index contributed by atoms with van der Waals surface area (Å²) in [5.41, 5.74) is 0.766. The average Bonchev–Trinajstić information content (AvgIpc) is 2.82. The lowest BCUT2D eigenvalue weighted by molar-refractivity contribution is 0.0714. The Hall–Kier alpha value is -1.30. The molecule has 0 saturated carbocycles. The third-order valence-electron chi connectivity index (χ3n) is 3.13. The number of hydrogen-bond donors (Lipinski definition) is 0. The van der Waals surface area contributed by atoms with Gasteiger partial charge in [-0.3, -0.25) is 4.79 Å². The summed E-state index contributed by atoms with van der Waals surface area (Å²) in [7, 11) is -1.36. The van der Waals surface area contributed by atoms with Crippen molar-refractivity contribution in [3.63, 3.8) is 0 Å². The van der Waals surface area contributed by atoms with Gasteiger partial charge in [0.1, 0.15) is 0 Å². The first kappa shape index (κ1) is 12.2. The molecule has 0 N–H and O–H groups in total. The van der Waals surface area contributed by atoms with E-state index < -0.39 is 9.84 Å². The molecule has 1 aliphatic heterocycles. The first-order valence-corrected chi connectivity index (χ1v) is 7.24. The molecule has 1 amide bonds. The van der Waals surface area contributed by atoms with Crippen molar-refractivity contribution in [3.8, 4) is 0 Å². The van der Waals surface area contributed by atoms with Crippen molar-refractivity contribution in [2.24, 2.45) is 0 Å². The molecule has 1 unspecified atom stereocenters. The molecule has 17 heavy (non-hydrogen) atoms. The summed E-state index contributed by atoms with van der Waals surface area (Å²) in [4.78, 5) is 13.5. The van der Waals surface area contributed by atoms with Crippen LogP contribution in [0, 0.1) is 6.92 Å². The minimum atomic E-state index is -2.98. The minimum Gasteiger partial charge on any atom is -0.459 e. The van der Waals surface area contributed by atoms with Crippen LogP contribution in [0.2, 0.25) is 0 Å². The summed E-state index contributed by atoms with van der Waals surface area (Å²) in [5.74, 6) is 0.243. The van der Waals surface area contributed by atoms with Crippen LogP contribution in [-0.4, -0.2) is 43.8 Å². The van der Waals surface area contributed by atoms with E-state index in [1.54, 1.807) is 20.0 Å². The van der Waals surface area contributed by atoms with Gasteiger partial charge in [0, 0.05) is 18.7 Å². The zero-order valence-electron chi connectivity index (χ0n) is 9.84. The van der Waals surface area contributed by atoms with Gasteiger partial charge in [-0.15, -0.1) is 0 Å². The van der Waals surface area contributed by atoms with E-state index in [1.165, 1.54) is 11.2 Å². The van der Waals surface area contributed by atoms with E-state index in [0.29, 0.717) is 6.42 Å². The lowest BCUT2D eigenvalue weighted by Crippen LogP contribution is -2.37. The van der Waals surface area contributed by atoms with Crippen molar-refractivity contribution in [2.45, 2.75) is 19.4 Å². The summed E-state index contributed by atoms with van der Waals surface area (Å²) >= 11 is 0. The third-order valence-corrected chi connectivity index (χ3v) is 4.88. The van der Waals surface area contributed by atoms with Crippen LogP contribution in [0.4, 0.5) is 0 Å². The fourth-order valence-corrected chi connectivity index (χ4v) is 3.77. The second-order valence-electron chi connectivity index (χ2n) is 4.41.